The molecule has 0 amide bonds. The van der Waals surface area contributed by atoms with Gasteiger partial charge in [-0.05, 0) is 50.0 Å². The molecule has 0 spiro atoms. The van der Waals surface area contributed by atoms with Crippen LogP contribution >= 0.6 is 0 Å². The summed E-state index contributed by atoms with van der Waals surface area (Å²) in [6, 6.07) is 13.0. The summed E-state index contributed by atoms with van der Waals surface area (Å²) >= 11 is 0. The number of aromatic nitrogens is 3. The molecule has 5 heteroatoms. The molecule has 2 aliphatic heterocycles. The number of hydrogen-bond donors (Lipinski definition) is 0. The number of imidazole rings is 1. The molecule has 4 heterocycles. The van der Waals surface area contributed by atoms with Gasteiger partial charge in [-0.1, -0.05) is 36.9 Å². The van der Waals surface area contributed by atoms with Gasteiger partial charge >= 0.3 is 0 Å². The van der Waals surface area contributed by atoms with Crippen LogP contribution < -0.4 is 0 Å². The molecule has 0 aliphatic carbocycles. The topological polar surface area (TPSA) is 43.2 Å². The summed E-state index contributed by atoms with van der Waals surface area (Å²) in [7, 11) is 2.04. The lowest BCUT2D eigenvalue weighted by atomic mass is 9.96. The average molecular weight is 427 g/mol. The predicted molar refractivity (Wildman–Crippen MR) is 129 cm³/mol. The fraction of sp³-hybridized carbons (Fsp3) is 0.333. The highest BCUT2D eigenvalue weighted by molar-refractivity contribution is 5.83. The summed E-state index contributed by atoms with van der Waals surface area (Å²) in [4.78, 5) is 12.0. The lowest BCUT2D eigenvalue weighted by Gasteiger charge is -2.25. The van der Waals surface area contributed by atoms with Gasteiger partial charge in [0.2, 0.25) is 0 Å². The van der Waals surface area contributed by atoms with Gasteiger partial charge in [0.25, 0.3) is 0 Å². The zero-order valence-corrected chi connectivity index (χ0v) is 19.1. The van der Waals surface area contributed by atoms with E-state index in [9.17, 15) is 0 Å². The number of hydrogen-bond acceptors (Lipinski definition) is 4. The SMILES string of the molecule is C=C1C(C)=CC(c2nc3cnc(C4CCOCC4)cc3n2[C@H](C)c2ccccc2)=CN1C. The first-order valence-corrected chi connectivity index (χ1v) is 11.4. The van der Waals surface area contributed by atoms with E-state index in [2.05, 4.69) is 78.6 Å². The molecule has 32 heavy (non-hydrogen) atoms. The Morgan fingerprint density at radius 2 is 1.91 bits per heavy atom. The van der Waals surface area contributed by atoms with Crippen LogP contribution in [0.1, 0.15) is 55.7 Å². The standard InChI is InChI=1S/C27H30N4O/c1-18-14-23(17-30(4)19(18)2)27-29-25-16-28-24(22-10-12-32-13-11-22)15-26(25)31(27)20(3)21-8-6-5-7-9-21/h5-9,14-17,20,22H,2,10-13H2,1,3-4H3/t20-/m1/s1. The molecule has 1 atom stereocenters. The van der Waals surface area contributed by atoms with Gasteiger partial charge in [-0.15, -0.1) is 0 Å². The van der Waals surface area contributed by atoms with Gasteiger partial charge in [0.15, 0.2) is 0 Å². The van der Waals surface area contributed by atoms with Crippen LogP contribution in [0.5, 0.6) is 0 Å². The molecule has 0 radical (unpaired) electrons. The molecule has 1 fully saturated rings. The zero-order valence-electron chi connectivity index (χ0n) is 19.1. The smallest absolute Gasteiger partial charge is 0.143 e. The Labute approximate surface area is 189 Å². The summed E-state index contributed by atoms with van der Waals surface area (Å²) < 4.78 is 7.94. The lowest BCUT2D eigenvalue weighted by Crippen LogP contribution is -2.17. The van der Waals surface area contributed by atoms with E-state index in [1.807, 2.05) is 13.2 Å². The van der Waals surface area contributed by atoms with Crippen LogP contribution in [-0.2, 0) is 4.74 Å². The molecule has 3 aromatic rings. The van der Waals surface area contributed by atoms with Crippen molar-refractivity contribution in [1.82, 2.24) is 19.4 Å². The minimum absolute atomic E-state index is 0.131. The van der Waals surface area contributed by atoms with E-state index >= 15 is 0 Å². The molecule has 5 nitrogen and oxygen atoms in total. The van der Waals surface area contributed by atoms with Crippen molar-refractivity contribution < 1.29 is 4.74 Å². The van der Waals surface area contributed by atoms with Crippen molar-refractivity contribution >= 4 is 16.6 Å². The first-order valence-electron chi connectivity index (χ1n) is 11.4. The molecule has 164 valence electrons. The Bertz CT molecular complexity index is 1220. The molecular formula is C27H30N4O. The van der Waals surface area contributed by atoms with Crippen LogP contribution in [0.4, 0.5) is 0 Å². The van der Waals surface area contributed by atoms with Gasteiger partial charge in [0, 0.05) is 49.3 Å². The number of ether oxygens (including phenoxy) is 1. The van der Waals surface area contributed by atoms with Crippen LogP contribution in [0.15, 0.2) is 72.7 Å². The molecule has 0 saturated carbocycles. The molecule has 2 aliphatic rings. The number of benzene rings is 1. The Hall–Kier alpha value is -3.18. The van der Waals surface area contributed by atoms with Crippen molar-refractivity contribution in [1.29, 1.82) is 0 Å². The number of nitrogens with zero attached hydrogens (tertiary/aromatic N) is 4. The number of likely N-dealkylation sites (N-methyl/N-ethyl adjacent to an activating group) is 1. The number of fused-ring (bicyclic) bond motifs is 1. The van der Waals surface area contributed by atoms with Crippen molar-refractivity contribution in [3.05, 3.63) is 89.8 Å². The number of pyridine rings is 1. The minimum Gasteiger partial charge on any atom is -0.381 e. The summed E-state index contributed by atoms with van der Waals surface area (Å²) in [6.45, 7) is 10.1. The quantitative estimate of drug-likeness (QED) is 0.538. The van der Waals surface area contributed by atoms with E-state index in [1.54, 1.807) is 0 Å². The van der Waals surface area contributed by atoms with Gasteiger partial charge in [0.1, 0.15) is 11.3 Å². The first-order chi connectivity index (χ1) is 15.5. The monoisotopic (exact) mass is 426 g/mol. The Kier molecular flexibility index (Phi) is 5.43. The van der Waals surface area contributed by atoms with Crippen molar-refractivity contribution in [2.45, 2.75) is 38.6 Å². The van der Waals surface area contributed by atoms with Crippen LogP contribution in [0, 0.1) is 0 Å². The maximum atomic E-state index is 5.57. The number of allylic oxidation sites excluding steroid dienone is 3. The van der Waals surface area contributed by atoms with Crippen molar-refractivity contribution in [2.24, 2.45) is 0 Å². The second kappa shape index (κ2) is 8.40. The van der Waals surface area contributed by atoms with Gasteiger partial charge in [-0.3, -0.25) is 4.98 Å². The van der Waals surface area contributed by atoms with E-state index in [1.165, 1.54) is 5.56 Å². The minimum atomic E-state index is 0.131. The number of rotatable bonds is 4. The maximum absolute atomic E-state index is 5.57. The summed E-state index contributed by atoms with van der Waals surface area (Å²) in [6.07, 6.45) is 8.30. The Morgan fingerprint density at radius 3 is 2.62 bits per heavy atom. The predicted octanol–water partition coefficient (Wildman–Crippen LogP) is 5.68. The van der Waals surface area contributed by atoms with E-state index in [0.29, 0.717) is 5.92 Å². The Balaban J connectivity index is 1.69. The van der Waals surface area contributed by atoms with Gasteiger partial charge in [-0.2, -0.15) is 0 Å². The molecule has 1 aromatic carbocycles. The maximum Gasteiger partial charge on any atom is 0.143 e. The fourth-order valence-corrected chi connectivity index (χ4v) is 4.75. The molecule has 1 saturated heterocycles. The second-order valence-corrected chi connectivity index (χ2v) is 8.85. The second-order valence-electron chi connectivity index (χ2n) is 8.85. The lowest BCUT2D eigenvalue weighted by molar-refractivity contribution is 0.0845. The third kappa shape index (κ3) is 3.67. The third-order valence-corrected chi connectivity index (χ3v) is 6.75. The molecule has 2 aromatic heterocycles. The molecular weight excluding hydrogens is 396 g/mol. The summed E-state index contributed by atoms with van der Waals surface area (Å²) in [5.41, 5.74) is 7.71. The van der Waals surface area contributed by atoms with E-state index in [0.717, 1.165) is 65.5 Å². The highest BCUT2D eigenvalue weighted by Gasteiger charge is 2.24. The van der Waals surface area contributed by atoms with E-state index < -0.39 is 0 Å². The largest absolute Gasteiger partial charge is 0.381 e. The molecule has 0 bridgehead atoms. The third-order valence-electron chi connectivity index (χ3n) is 6.75. The van der Waals surface area contributed by atoms with Crippen LogP contribution in [0.3, 0.4) is 0 Å². The molecule has 0 unspecified atom stereocenters. The highest BCUT2D eigenvalue weighted by Crippen LogP contribution is 2.35. The van der Waals surface area contributed by atoms with Crippen LogP contribution in [0.2, 0.25) is 0 Å². The van der Waals surface area contributed by atoms with Crippen LogP contribution in [-0.4, -0.2) is 39.7 Å². The van der Waals surface area contributed by atoms with Crippen molar-refractivity contribution in [3.8, 4) is 0 Å². The summed E-state index contributed by atoms with van der Waals surface area (Å²) in [5, 5.41) is 0. The Morgan fingerprint density at radius 1 is 1.16 bits per heavy atom. The normalized spacial score (nSPS) is 18.6. The average Bonchev–Trinajstić information content (AvgIpc) is 3.21. The van der Waals surface area contributed by atoms with E-state index in [-0.39, 0.29) is 6.04 Å². The van der Waals surface area contributed by atoms with E-state index in [4.69, 9.17) is 14.7 Å². The van der Waals surface area contributed by atoms with Crippen molar-refractivity contribution in [3.63, 3.8) is 0 Å². The first kappa shape index (κ1) is 20.7. The van der Waals surface area contributed by atoms with Crippen molar-refractivity contribution in [2.75, 3.05) is 20.3 Å². The zero-order chi connectivity index (χ0) is 22.2. The summed E-state index contributed by atoms with van der Waals surface area (Å²) in [5.74, 6) is 1.40. The van der Waals surface area contributed by atoms with Gasteiger partial charge in [-0.25, -0.2) is 4.98 Å². The fourth-order valence-electron chi connectivity index (χ4n) is 4.75. The molecule has 0 N–H and O–H groups in total. The van der Waals surface area contributed by atoms with Crippen LogP contribution in [0.25, 0.3) is 16.6 Å². The van der Waals surface area contributed by atoms with Gasteiger partial charge in [0.05, 0.1) is 17.8 Å². The van der Waals surface area contributed by atoms with Gasteiger partial charge < -0.3 is 14.2 Å². The highest BCUT2D eigenvalue weighted by atomic mass is 16.5. The molecule has 5 rings (SSSR count).